The van der Waals surface area contributed by atoms with Crippen LogP contribution in [0.15, 0.2) is 12.3 Å². The molecule has 0 radical (unpaired) electrons. The zero-order valence-corrected chi connectivity index (χ0v) is 12.9. The Kier molecular flexibility index (Phi) is 5.60. The van der Waals surface area contributed by atoms with Gasteiger partial charge in [-0.25, -0.2) is 4.98 Å². The van der Waals surface area contributed by atoms with E-state index in [-0.39, 0.29) is 5.91 Å². The summed E-state index contributed by atoms with van der Waals surface area (Å²) in [7, 11) is 1.89. The van der Waals surface area contributed by atoms with Gasteiger partial charge in [0.1, 0.15) is 5.15 Å². The van der Waals surface area contributed by atoms with Crippen molar-refractivity contribution in [1.29, 1.82) is 0 Å². The predicted octanol–water partition coefficient (Wildman–Crippen LogP) is 1.25. The largest absolute Gasteiger partial charge is 0.339 e. The predicted molar refractivity (Wildman–Crippen MR) is 80.0 cm³/mol. The number of likely N-dealkylation sites (N-methyl/N-ethyl adjacent to an activating group) is 1. The molecule has 2 heterocycles. The fourth-order valence-electron chi connectivity index (χ4n) is 2.14. The first kappa shape index (κ1) is 15.5. The summed E-state index contributed by atoms with van der Waals surface area (Å²) < 4.78 is 0. The van der Waals surface area contributed by atoms with Crippen molar-refractivity contribution < 1.29 is 4.79 Å². The topological polar surface area (TPSA) is 48.5 Å². The van der Waals surface area contributed by atoms with E-state index in [9.17, 15) is 4.79 Å². The van der Waals surface area contributed by atoms with Crippen molar-refractivity contribution in [3.63, 3.8) is 0 Å². The van der Waals surface area contributed by atoms with Crippen molar-refractivity contribution in [3.8, 4) is 0 Å². The number of piperazine rings is 1. The van der Waals surface area contributed by atoms with E-state index in [1.54, 1.807) is 12.3 Å². The molecule has 1 amide bonds. The molecule has 1 aromatic rings. The lowest BCUT2D eigenvalue weighted by molar-refractivity contribution is -0.132. The lowest BCUT2D eigenvalue weighted by Gasteiger charge is -2.29. The molecule has 20 heavy (non-hydrogen) atoms. The number of carbonyl (C=O) groups excluding carboxylic acids is 1. The molecule has 0 unspecified atom stereocenters. The summed E-state index contributed by atoms with van der Waals surface area (Å²) >= 11 is 11.9. The van der Waals surface area contributed by atoms with Gasteiger partial charge in [-0.2, -0.15) is 0 Å². The van der Waals surface area contributed by atoms with E-state index < -0.39 is 0 Å². The van der Waals surface area contributed by atoms with E-state index in [0.29, 0.717) is 23.3 Å². The van der Waals surface area contributed by atoms with Crippen LogP contribution in [0.5, 0.6) is 0 Å². The maximum Gasteiger partial charge on any atom is 0.236 e. The van der Waals surface area contributed by atoms with Gasteiger partial charge in [0.2, 0.25) is 5.91 Å². The molecule has 1 aromatic heterocycles. The highest BCUT2D eigenvalue weighted by atomic mass is 35.5. The minimum Gasteiger partial charge on any atom is -0.339 e. The van der Waals surface area contributed by atoms with E-state index in [2.05, 4.69) is 10.3 Å². The first-order valence-electron chi connectivity index (χ1n) is 6.53. The molecule has 0 spiro atoms. The van der Waals surface area contributed by atoms with E-state index in [0.717, 1.165) is 31.7 Å². The van der Waals surface area contributed by atoms with Crippen LogP contribution in [0.3, 0.4) is 0 Å². The summed E-state index contributed by atoms with van der Waals surface area (Å²) in [5, 5.41) is 4.18. The number of nitrogens with zero attached hydrogens (tertiary/aromatic N) is 3. The fraction of sp³-hybridized carbons (Fsp3) is 0.538. The van der Waals surface area contributed by atoms with Crippen molar-refractivity contribution in [3.05, 3.63) is 28.0 Å². The summed E-state index contributed by atoms with van der Waals surface area (Å²) in [5.74, 6) is 0.145. The second-order valence-corrected chi connectivity index (χ2v) is 5.70. The summed E-state index contributed by atoms with van der Waals surface area (Å²) in [5.41, 5.74) is 0.867. The Morgan fingerprint density at radius 1 is 1.45 bits per heavy atom. The Hall–Kier alpha value is -0.880. The van der Waals surface area contributed by atoms with E-state index in [4.69, 9.17) is 23.2 Å². The molecule has 1 aliphatic rings. The van der Waals surface area contributed by atoms with Crippen molar-refractivity contribution >= 4 is 29.1 Å². The zero-order valence-electron chi connectivity index (χ0n) is 11.4. The van der Waals surface area contributed by atoms with Crippen LogP contribution in [0.4, 0.5) is 0 Å². The van der Waals surface area contributed by atoms with Crippen LogP contribution in [0.1, 0.15) is 5.56 Å². The number of pyridine rings is 1. The first-order chi connectivity index (χ1) is 9.56. The molecule has 1 fully saturated rings. The van der Waals surface area contributed by atoms with Gasteiger partial charge in [-0.3, -0.25) is 9.69 Å². The number of hydrogen-bond acceptors (Lipinski definition) is 4. The van der Waals surface area contributed by atoms with Gasteiger partial charge in [0.05, 0.1) is 6.54 Å². The average molecular weight is 317 g/mol. The summed E-state index contributed by atoms with van der Waals surface area (Å²) in [6, 6.07) is 1.62. The number of nitrogens with one attached hydrogen (secondary N) is 1. The quantitative estimate of drug-likeness (QED) is 0.849. The molecular weight excluding hydrogens is 299 g/mol. The third kappa shape index (κ3) is 4.31. The Labute approximate surface area is 128 Å². The van der Waals surface area contributed by atoms with E-state index in [1.807, 2.05) is 16.8 Å². The van der Waals surface area contributed by atoms with Gasteiger partial charge in [0, 0.05) is 49.5 Å². The minimum absolute atomic E-state index is 0.145. The van der Waals surface area contributed by atoms with Crippen LogP contribution in [0.2, 0.25) is 10.2 Å². The van der Waals surface area contributed by atoms with Crippen molar-refractivity contribution in [1.82, 2.24) is 20.1 Å². The number of halogens is 2. The molecular formula is C13H18Cl2N4O. The van der Waals surface area contributed by atoms with Crippen molar-refractivity contribution in [2.75, 3.05) is 39.8 Å². The number of hydrogen-bond donors (Lipinski definition) is 1. The van der Waals surface area contributed by atoms with Crippen LogP contribution in [0.25, 0.3) is 0 Å². The molecule has 1 N–H and O–H groups in total. The molecule has 0 bridgehead atoms. The Morgan fingerprint density at radius 3 is 2.80 bits per heavy atom. The van der Waals surface area contributed by atoms with Gasteiger partial charge in [-0.1, -0.05) is 23.2 Å². The highest BCUT2D eigenvalue weighted by Gasteiger charge is 2.18. The maximum absolute atomic E-state index is 12.1. The van der Waals surface area contributed by atoms with Crippen LogP contribution < -0.4 is 5.32 Å². The van der Waals surface area contributed by atoms with Crippen LogP contribution in [0, 0.1) is 0 Å². The molecule has 0 aliphatic carbocycles. The highest BCUT2D eigenvalue weighted by Crippen LogP contribution is 2.19. The average Bonchev–Trinajstić information content (AvgIpc) is 2.43. The molecule has 1 aliphatic heterocycles. The van der Waals surface area contributed by atoms with E-state index >= 15 is 0 Å². The highest BCUT2D eigenvalue weighted by molar-refractivity contribution is 6.34. The molecule has 2 rings (SSSR count). The van der Waals surface area contributed by atoms with Crippen LogP contribution in [-0.2, 0) is 11.3 Å². The third-order valence-electron chi connectivity index (χ3n) is 3.21. The van der Waals surface area contributed by atoms with Gasteiger partial charge < -0.3 is 10.2 Å². The standard InChI is InChI=1S/C13H18Cl2N4O/c1-18(8-10-7-17-12(15)6-11(10)14)9-13(20)19-4-2-16-3-5-19/h6-7,16H,2-5,8-9H2,1H3. The molecule has 7 heteroatoms. The van der Waals surface area contributed by atoms with Gasteiger partial charge in [0.25, 0.3) is 0 Å². The number of amides is 1. The van der Waals surface area contributed by atoms with Gasteiger partial charge in [-0.05, 0) is 13.1 Å². The fourth-order valence-corrected chi connectivity index (χ4v) is 2.57. The SMILES string of the molecule is CN(CC(=O)N1CCNCC1)Cc1cnc(Cl)cc1Cl. The molecule has 0 aromatic carbocycles. The lowest BCUT2D eigenvalue weighted by atomic mass is 10.2. The van der Waals surface area contributed by atoms with Crippen LogP contribution in [-0.4, -0.2) is 60.5 Å². The first-order valence-corrected chi connectivity index (χ1v) is 7.29. The number of aromatic nitrogens is 1. The monoisotopic (exact) mass is 316 g/mol. The Morgan fingerprint density at radius 2 is 2.15 bits per heavy atom. The Balaban J connectivity index is 1.88. The van der Waals surface area contributed by atoms with Crippen LogP contribution >= 0.6 is 23.2 Å². The zero-order chi connectivity index (χ0) is 14.5. The second kappa shape index (κ2) is 7.22. The summed E-state index contributed by atoms with van der Waals surface area (Å²) in [6.45, 7) is 4.22. The third-order valence-corrected chi connectivity index (χ3v) is 3.77. The summed E-state index contributed by atoms with van der Waals surface area (Å²) in [4.78, 5) is 20.0. The number of rotatable bonds is 4. The van der Waals surface area contributed by atoms with E-state index in [1.165, 1.54) is 0 Å². The van der Waals surface area contributed by atoms with Gasteiger partial charge in [-0.15, -0.1) is 0 Å². The Bertz CT molecular complexity index is 477. The molecule has 1 saturated heterocycles. The molecule has 0 saturated carbocycles. The van der Waals surface area contributed by atoms with Gasteiger partial charge >= 0.3 is 0 Å². The summed E-state index contributed by atoms with van der Waals surface area (Å²) in [6.07, 6.45) is 1.65. The van der Waals surface area contributed by atoms with Crippen molar-refractivity contribution in [2.24, 2.45) is 0 Å². The normalized spacial score (nSPS) is 15.7. The minimum atomic E-state index is 0.145. The second-order valence-electron chi connectivity index (χ2n) is 4.90. The molecule has 5 nitrogen and oxygen atoms in total. The molecule has 110 valence electrons. The molecule has 0 atom stereocenters. The maximum atomic E-state index is 12.1. The lowest BCUT2D eigenvalue weighted by Crippen LogP contribution is -2.49. The van der Waals surface area contributed by atoms with Gasteiger partial charge in [0.15, 0.2) is 0 Å². The number of carbonyl (C=O) groups is 1. The van der Waals surface area contributed by atoms with Crippen molar-refractivity contribution in [2.45, 2.75) is 6.54 Å². The smallest absolute Gasteiger partial charge is 0.236 e.